The van der Waals surface area contributed by atoms with Crippen LogP contribution in [0.15, 0.2) is 33.5 Å². The summed E-state index contributed by atoms with van der Waals surface area (Å²) < 4.78 is 663. The van der Waals surface area contributed by atoms with Gasteiger partial charge >= 0.3 is 107 Å². The molecule has 0 aliphatic rings. The van der Waals surface area contributed by atoms with Gasteiger partial charge in [0.2, 0.25) is 55.0 Å². The summed E-state index contributed by atoms with van der Waals surface area (Å²) in [5.41, 5.74) is 10.5. The molecular weight excluding hydrogens is 1570 g/mol. The zero-order valence-electron chi connectivity index (χ0n) is 44.2. The molecule has 0 radical (unpaired) electrons. The van der Waals surface area contributed by atoms with Crippen LogP contribution in [-0.2, 0) is 20.0 Å². The zero-order chi connectivity index (χ0) is 79.3. The van der Waals surface area contributed by atoms with E-state index >= 15 is 0 Å². The van der Waals surface area contributed by atoms with Crippen LogP contribution < -0.4 is 41.9 Å². The predicted molar refractivity (Wildman–Crippen MR) is 220 cm³/mol. The van der Waals surface area contributed by atoms with Crippen molar-refractivity contribution < 1.29 is 228 Å². The number of halogens is 46. The lowest BCUT2D eigenvalue weighted by Gasteiger charge is -2.42. The monoisotopic (exact) mass is 1600 g/mol. The maximum atomic E-state index is 13.8. The smallest absolute Gasteiger partial charge is 0.425 e. The quantitative estimate of drug-likeness (QED) is 0.0164. The normalized spacial score (nSPS) is 15.2. The van der Waals surface area contributed by atoms with Crippen molar-refractivity contribution in [1.82, 2.24) is 10.6 Å². The average molecular weight is 1600 g/mol. The van der Waals surface area contributed by atoms with Crippen molar-refractivity contribution in [3.63, 3.8) is 0 Å². The van der Waals surface area contributed by atoms with Crippen molar-refractivity contribution in [3.05, 3.63) is 70.2 Å². The first-order chi connectivity index (χ1) is 42.8. The molecule has 0 unspecified atom stereocenters. The molecule has 0 spiro atoms. The van der Waals surface area contributed by atoms with Gasteiger partial charge in [-0.3, -0.25) is 0 Å². The predicted octanol–water partition coefficient (Wildman–Crippen LogP) is 12.9. The second kappa shape index (κ2) is 28.8. The van der Waals surface area contributed by atoms with Gasteiger partial charge in [0.15, 0.2) is 44.6 Å². The van der Waals surface area contributed by atoms with Gasteiger partial charge in [0, 0.05) is 39.3 Å². The van der Waals surface area contributed by atoms with Crippen LogP contribution in [0.25, 0.3) is 0 Å². The number of hydrogen-bond acceptors (Lipinski definition) is 10. The molecule has 574 valence electrons. The van der Waals surface area contributed by atoms with Gasteiger partial charge in [0.25, 0.3) is 0 Å². The van der Waals surface area contributed by atoms with E-state index in [1.54, 1.807) is 0 Å². The summed E-state index contributed by atoms with van der Waals surface area (Å²) >= 11 is 0. The molecule has 2 aromatic carbocycles. The number of nitrogens with two attached hydrogens (primary N) is 4. The minimum absolute atomic E-state index is 0.705. The Morgan fingerprint density at radius 2 is 0.480 bits per heavy atom. The number of ether oxygens (including phenoxy) is 2. The van der Waals surface area contributed by atoms with Crippen LogP contribution in [0.4, 0.5) is 202 Å². The Morgan fingerprint density at radius 1 is 0.296 bits per heavy atom. The van der Waals surface area contributed by atoms with E-state index in [1.165, 1.54) is 0 Å². The molecule has 0 fully saturated rings. The van der Waals surface area contributed by atoms with Crippen LogP contribution in [0.5, 0.6) is 11.5 Å². The highest BCUT2D eigenvalue weighted by atomic mass is 32.2. The van der Waals surface area contributed by atoms with Crippen LogP contribution in [0, 0.1) is 46.5 Å². The fraction of sp³-hybridized carbons (Fsp3) is 0.579. The first-order valence-electron chi connectivity index (χ1n) is 22.3. The molecule has 0 atom stereocenters. The highest BCUT2D eigenvalue weighted by Crippen LogP contribution is 2.67. The van der Waals surface area contributed by atoms with Crippen LogP contribution in [0.1, 0.15) is 0 Å². The molecule has 2 rings (SSSR count). The Labute approximate surface area is 506 Å². The van der Waals surface area contributed by atoms with Gasteiger partial charge < -0.3 is 31.6 Å². The number of alkyl halides is 34. The Kier molecular flexibility index (Phi) is 27.0. The molecule has 12 nitrogen and oxygen atoms in total. The maximum Gasteiger partial charge on any atom is 0.460 e. The lowest BCUT2D eigenvalue weighted by Crippen LogP contribution is -2.74. The molecule has 10 N–H and O–H groups in total. The number of nitrogens with one attached hydrogen (secondary N) is 2. The fourth-order valence-electron chi connectivity index (χ4n) is 5.62. The molecule has 0 bridgehead atoms. The highest BCUT2D eigenvalue weighted by molar-refractivity contribution is 7.89. The summed E-state index contributed by atoms with van der Waals surface area (Å²) in [6, 6.07) is -9.13. The lowest BCUT2D eigenvalue weighted by atomic mass is 9.88. The van der Waals surface area contributed by atoms with Gasteiger partial charge in [-0.25, -0.2) is 53.5 Å². The standard InChI is InChI=1S/2C16H2F23NO3S.C6H18N4/c2*17-1-2(18)4(20)6(44(40,41)42)5(3(1)19)43-8(22)7(21)9(23,24)10(25,26)11(27,28)12(29,30)13(31,32)14(33,34)15(35,36)16(37,38)39;7-1-3-9-5-6-10-4-2-8/h2*(H2,40,41,42);9-10H,1-8H2. The molecule has 98 heavy (non-hydrogen) atoms. The lowest BCUT2D eigenvalue weighted by molar-refractivity contribution is -0.460. The molecule has 0 heterocycles. The van der Waals surface area contributed by atoms with Crippen molar-refractivity contribution >= 4 is 20.0 Å². The Bertz CT molecular complexity index is 3270. The van der Waals surface area contributed by atoms with Crippen molar-refractivity contribution in [3.8, 4) is 11.5 Å². The van der Waals surface area contributed by atoms with Gasteiger partial charge in [-0.2, -0.15) is 176 Å². The summed E-state index contributed by atoms with van der Waals surface area (Å²) in [5.74, 6) is -168. The molecule has 0 amide bonds. The average Bonchev–Trinajstić information content (AvgIpc) is 0.699. The third kappa shape index (κ3) is 15.4. The van der Waals surface area contributed by atoms with Gasteiger partial charge in [0.05, 0.1) is 0 Å². The molecule has 2 aromatic rings. The number of sulfonamides is 2. The molecule has 0 saturated carbocycles. The van der Waals surface area contributed by atoms with E-state index in [9.17, 15) is 219 Å². The summed E-state index contributed by atoms with van der Waals surface area (Å²) in [6.07, 6.45) is -16.1. The van der Waals surface area contributed by atoms with Gasteiger partial charge in [0.1, 0.15) is 0 Å². The minimum Gasteiger partial charge on any atom is -0.425 e. The molecular formula is C38H22F46N6O6S2. The van der Waals surface area contributed by atoms with E-state index in [-0.39, 0.29) is 0 Å². The Morgan fingerprint density at radius 3 is 0.663 bits per heavy atom. The maximum absolute atomic E-state index is 13.8. The van der Waals surface area contributed by atoms with Crippen molar-refractivity contribution in [2.45, 2.75) is 105 Å². The molecule has 0 aromatic heterocycles. The van der Waals surface area contributed by atoms with E-state index in [2.05, 4.69) is 30.4 Å². The van der Waals surface area contributed by atoms with Gasteiger partial charge in [-0.05, 0) is 0 Å². The first kappa shape index (κ1) is 92.0. The second-order valence-electron chi connectivity index (χ2n) is 17.4. The van der Waals surface area contributed by atoms with Crippen molar-refractivity contribution in [2.24, 2.45) is 21.7 Å². The topological polar surface area (TPSA) is 215 Å². The van der Waals surface area contributed by atoms with E-state index in [0.29, 0.717) is 13.1 Å². The number of hydrogen-bond donors (Lipinski definition) is 6. The van der Waals surface area contributed by atoms with E-state index in [0.717, 1.165) is 26.2 Å². The van der Waals surface area contributed by atoms with Crippen LogP contribution >= 0.6 is 0 Å². The summed E-state index contributed by atoms with van der Waals surface area (Å²) in [5, 5.41) is 14.6. The second-order valence-corrected chi connectivity index (χ2v) is 20.4. The van der Waals surface area contributed by atoms with E-state index in [1.807, 2.05) is 0 Å². The summed E-state index contributed by atoms with van der Waals surface area (Å²) in [7, 11) is -12.3. The largest absolute Gasteiger partial charge is 0.460 e. The third-order valence-corrected chi connectivity index (χ3v) is 12.6. The van der Waals surface area contributed by atoms with E-state index in [4.69, 9.17) is 11.5 Å². The number of rotatable bonds is 27. The summed E-state index contributed by atoms with van der Waals surface area (Å²) in [6.45, 7) is 5.14. The van der Waals surface area contributed by atoms with Crippen LogP contribution in [0.2, 0.25) is 0 Å². The van der Waals surface area contributed by atoms with Crippen molar-refractivity contribution in [1.29, 1.82) is 0 Å². The molecule has 60 heteroatoms. The fourth-order valence-corrected chi connectivity index (χ4v) is 7.08. The highest BCUT2D eigenvalue weighted by Gasteiger charge is 2.97. The molecule has 0 aliphatic carbocycles. The van der Waals surface area contributed by atoms with Crippen LogP contribution in [0.3, 0.4) is 0 Å². The third-order valence-electron chi connectivity index (χ3n) is 10.8. The van der Waals surface area contributed by atoms with Crippen molar-refractivity contribution in [2.75, 3.05) is 39.3 Å². The first-order valence-corrected chi connectivity index (χ1v) is 25.4. The van der Waals surface area contributed by atoms with E-state index < -0.39 is 207 Å². The molecule has 0 aliphatic heterocycles. The minimum atomic E-state index is -9.22. The van der Waals surface area contributed by atoms with Crippen LogP contribution in [-0.4, -0.2) is 151 Å². The van der Waals surface area contributed by atoms with Gasteiger partial charge in [-0.1, -0.05) is 0 Å². The van der Waals surface area contributed by atoms with Gasteiger partial charge in [-0.15, -0.1) is 0 Å². The summed E-state index contributed by atoms with van der Waals surface area (Å²) in [4.78, 5) is -6.06. The zero-order valence-corrected chi connectivity index (χ0v) is 45.8. The number of primary sulfonamides is 2. The Hall–Kier alpha value is -6.04. The number of benzene rings is 2. The Balaban J connectivity index is 0.00000168. The molecule has 0 saturated heterocycles. The SMILES string of the molecule is NCCNCCNCCN.NS(=O)(=O)c1c(F)c(F)c(F)c(F)c1OC(F)=C(F)C(F)(F)C(F)(F)C(F)(F)C(F)(F)C(F)(F)C(F)(F)C(F)(F)C(F)(F)F.NS(=O)(=O)c1c(F)c(F)c(F)c(F)c1OC(F)=C(F)C(F)(F)C(F)(F)C(F)(F)C(F)(F)C(F)(F)C(F)(F)C(F)(F)C(F)(F)F. The number of allylic oxidation sites excluding steroid dienone is 2.